The summed E-state index contributed by atoms with van der Waals surface area (Å²) in [5, 5.41) is 3.36. The SMILES string of the molecule is COc1ccc2[nH]c(C)c(CC(=O)N(c3nccs3)C3CCCCC3)c2c1C(=O)c1ccccn1. The van der Waals surface area contributed by atoms with E-state index in [-0.39, 0.29) is 24.2 Å². The number of hydrogen-bond donors (Lipinski definition) is 1. The van der Waals surface area contributed by atoms with E-state index in [0.29, 0.717) is 22.4 Å². The van der Waals surface area contributed by atoms with Gasteiger partial charge in [-0.3, -0.25) is 19.5 Å². The summed E-state index contributed by atoms with van der Waals surface area (Å²) in [5.74, 6) is 0.227. The number of thiazole rings is 1. The summed E-state index contributed by atoms with van der Waals surface area (Å²) in [6, 6.07) is 9.08. The number of hydrogen-bond acceptors (Lipinski definition) is 6. The molecular weight excluding hydrogens is 460 g/mol. The molecule has 3 heterocycles. The van der Waals surface area contributed by atoms with Gasteiger partial charge in [-0.15, -0.1) is 11.3 Å². The minimum Gasteiger partial charge on any atom is -0.496 e. The summed E-state index contributed by atoms with van der Waals surface area (Å²) < 4.78 is 5.60. The maximum Gasteiger partial charge on any atom is 0.233 e. The Bertz CT molecular complexity index is 1340. The number of benzene rings is 1. The minimum absolute atomic E-state index is 0.00472. The number of ether oxygens (including phenoxy) is 1. The second-order valence-corrected chi connectivity index (χ2v) is 9.76. The zero-order valence-corrected chi connectivity index (χ0v) is 20.7. The monoisotopic (exact) mass is 488 g/mol. The summed E-state index contributed by atoms with van der Waals surface area (Å²) in [5.41, 5.74) is 3.22. The van der Waals surface area contributed by atoms with E-state index < -0.39 is 0 Å². The van der Waals surface area contributed by atoms with Crippen molar-refractivity contribution in [1.29, 1.82) is 0 Å². The van der Waals surface area contributed by atoms with E-state index in [9.17, 15) is 9.59 Å². The fourth-order valence-electron chi connectivity index (χ4n) is 5.08. The van der Waals surface area contributed by atoms with Crippen LogP contribution in [0, 0.1) is 6.92 Å². The predicted octanol–water partition coefficient (Wildman–Crippen LogP) is 5.48. The van der Waals surface area contributed by atoms with Gasteiger partial charge in [0.05, 0.1) is 19.1 Å². The Morgan fingerprint density at radius 2 is 1.94 bits per heavy atom. The van der Waals surface area contributed by atoms with Gasteiger partial charge >= 0.3 is 0 Å². The molecule has 4 aromatic rings. The average molecular weight is 489 g/mol. The Balaban J connectivity index is 1.59. The molecule has 1 aromatic carbocycles. The average Bonchev–Trinajstić information content (AvgIpc) is 3.52. The van der Waals surface area contributed by atoms with Crippen LogP contribution in [0.2, 0.25) is 0 Å². The lowest BCUT2D eigenvalue weighted by Gasteiger charge is -2.32. The number of H-pyrrole nitrogens is 1. The maximum absolute atomic E-state index is 13.9. The number of pyridine rings is 1. The highest BCUT2D eigenvalue weighted by molar-refractivity contribution is 7.13. The number of fused-ring (bicyclic) bond motifs is 1. The molecule has 1 fully saturated rings. The molecule has 0 radical (unpaired) electrons. The number of carbonyl (C=O) groups is 2. The fourth-order valence-corrected chi connectivity index (χ4v) is 5.81. The van der Waals surface area contributed by atoms with Crippen molar-refractivity contribution in [2.45, 2.75) is 51.5 Å². The van der Waals surface area contributed by atoms with Crippen LogP contribution < -0.4 is 9.64 Å². The predicted molar refractivity (Wildman–Crippen MR) is 137 cm³/mol. The van der Waals surface area contributed by atoms with Gasteiger partial charge in [0.25, 0.3) is 0 Å². The standard InChI is InChI=1S/C27H28N4O3S/c1-17-19(16-23(32)31(27-29-14-15-35-27)18-8-4-3-5-9-18)24-20(30-17)11-12-22(34-2)25(24)26(33)21-10-6-7-13-28-21/h6-7,10-15,18,30H,3-5,8-9,16H2,1-2H3. The number of carbonyl (C=O) groups excluding carboxylic acids is 2. The molecule has 1 N–H and O–H groups in total. The van der Waals surface area contributed by atoms with E-state index in [1.165, 1.54) is 17.8 Å². The number of aromatic amines is 1. The van der Waals surface area contributed by atoms with Crippen LogP contribution in [0.1, 0.15) is 59.4 Å². The molecule has 1 aliphatic rings. The Labute approximate surface area is 208 Å². The van der Waals surface area contributed by atoms with Gasteiger partial charge in [0.2, 0.25) is 11.7 Å². The molecule has 7 nitrogen and oxygen atoms in total. The molecule has 3 aromatic heterocycles. The highest BCUT2D eigenvalue weighted by atomic mass is 32.1. The first-order chi connectivity index (χ1) is 17.1. The topological polar surface area (TPSA) is 88.2 Å². The van der Waals surface area contributed by atoms with Crippen molar-refractivity contribution >= 4 is 39.1 Å². The van der Waals surface area contributed by atoms with Crippen LogP contribution in [0.4, 0.5) is 5.13 Å². The summed E-state index contributed by atoms with van der Waals surface area (Å²) in [6.07, 6.45) is 8.91. The smallest absolute Gasteiger partial charge is 0.233 e. The van der Waals surface area contributed by atoms with Crippen molar-refractivity contribution in [2.75, 3.05) is 12.0 Å². The third kappa shape index (κ3) is 4.46. The summed E-state index contributed by atoms with van der Waals surface area (Å²) >= 11 is 1.49. The Kier molecular flexibility index (Phi) is 6.63. The number of aryl methyl sites for hydroxylation is 1. The summed E-state index contributed by atoms with van der Waals surface area (Å²) in [4.78, 5) is 41.5. The van der Waals surface area contributed by atoms with Crippen LogP contribution in [0.5, 0.6) is 5.75 Å². The quantitative estimate of drug-likeness (QED) is 0.348. The van der Waals surface area contributed by atoms with Crippen molar-refractivity contribution in [3.63, 3.8) is 0 Å². The van der Waals surface area contributed by atoms with Gasteiger partial charge in [0.15, 0.2) is 5.13 Å². The molecule has 0 bridgehead atoms. The van der Waals surface area contributed by atoms with Crippen LogP contribution >= 0.6 is 11.3 Å². The molecule has 0 aliphatic heterocycles. The third-order valence-electron chi connectivity index (χ3n) is 6.75. The molecule has 1 saturated carbocycles. The van der Waals surface area contributed by atoms with Gasteiger partial charge in [0.1, 0.15) is 11.4 Å². The molecule has 0 unspecified atom stereocenters. The van der Waals surface area contributed by atoms with Gasteiger partial charge in [-0.05, 0) is 49.6 Å². The normalized spacial score (nSPS) is 14.2. The van der Waals surface area contributed by atoms with Crippen molar-refractivity contribution in [1.82, 2.24) is 15.0 Å². The number of ketones is 1. The van der Waals surface area contributed by atoms with Gasteiger partial charge in [-0.1, -0.05) is 25.3 Å². The molecule has 35 heavy (non-hydrogen) atoms. The molecule has 1 aliphatic carbocycles. The number of nitrogens with one attached hydrogen (secondary N) is 1. The van der Waals surface area contributed by atoms with Crippen LogP contribution in [0.25, 0.3) is 10.9 Å². The molecular formula is C27H28N4O3S. The second kappa shape index (κ2) is 10.00. The zero-order valence-electron chi connectivity index (χ0n) is 19.9. The van der Waals surface area contributed by atoms with E-state index in [0.717, 1.165) is 47.6 Å². The molecule has 5 rings (SSSR count). The van der Waals surface area contributed by atoms with Crippen LogP contribution in [-0.4, -0.2) is 39.8 Å². The molecule has 180 valence electrons. The van der Waals surface area contributed by atoms with Crippen LogP contribution in [-0.2, 0) is 11.2 Å². The van der Waals surface area contributed by atoms with Crippen molar-refractivity contribution in [3.8, 4) is 5.75 Å². The first kappa shape index (κ1) is 23.2. The number of methoxy groups -OCH3 is 1. The highest BCUT2D eigenvalue weighted by Crippen LogP contribution is 2.35. The molecule has 1 amide bonds. The van der Waals surface area contributed by atoms with E-state index in [1.807, 2.05) is 23.3 Å². The Hall–Kier alpha value is -3.52. The van der Waals surface area contributed by atoms with Gasteiger partial charge in [-0.2, -0.15) is 0 Å². The Morgan fingerprint density at radius 1 is 1.11 bits per heavy atom. The number of anilines is 1. The fraction of sp³-hybridized carbons (Fsp3) is 0.333. The van der Waals surface area contributed by atoms with Crippen molar-refractivity contribution in [3.05, 3.63) is 70.6 Å². The minimum atomic E-state index is -0.232. The van der Waals surface area contributed by atoms with E-state index in [1.54, 1.807) is 43.8 Å². The third-order valence-corrected chi connectivity index (χ3v) is 7.52. The number of nitrogens with zero attached hydrogens (tertiary/aromatic N) is 3. The number of rotatable bonds is 7. The lowest BCUT2D eigenvalue weighted by atomic mass is 9.93. The lowest BCUT2D eigenvalue weighted by molar-refractivity contribution is -0.118. The number of amides is 1. The van der Waals surface area contributed by atoms with Gasteiger partial charge in [-0.25, -0.2) is 4.98 Å². The molecule has 0 saturated heterocycles. The van der Waals surface area contributed by atoms with E-state index in [4.69, 9.17) is 4.74 Å². The van der Waals surface area contributed by atoms with E-state index in [2.05, 4.69) is 15.0 Å². The maximum atomic E-state index is 13.9. The molecule has 0 atom stereocenters. The lowest BCUT2D eigenvalue weighted by Crippen LogP contribution is -2.42. The van der Waals surface area contributed by atoms with Crippen molar-refractivity contribution < 1.29 is 14.3 Å². The Morgan fingerprint density at radius 3 is 2.63 bits per heavy atom. The van der Waals surface area contributed by atoms with E-state index >= 15 is 0 Å². The molecule has 8 heteroatoms. The summed E-state index contributed by atoms with van der Waals surface area (Å²) in [6.45, 7) is 1.94. The highest BCUT2D eigenvalue weighted by Gasteiger charge is 2.31. The van der Waals surface area contributed by atoms with Crippen LogP contribution in [0.15, 0.2) is 48.1 Å². The van der Waals surface area contributed by atoms with Gasteiger partial charge in [0, 0.05) is 40.4 Å². The first-order valence-corrected chi connectivity index (χ1v) is 12.8. The van der Waals surface area contributed by atoms with Crippen LogP contribution in [0.3, 0.4) is 0 Å². The second-order valence-electron chi connectivity index (χ2n) is 8.89. The number of aromatic nitrogens is 3. The molecule has 0 spiro atoms. The zero-order chi connectivity index (χ0) is 24.4. The largest absolute Gasteiger partial charge is 0.496 e. The van der Waals surface area contributed by atoms with Gasteiger partial charge < -0.3 is 9.72 Å². The first-order valence-electron chi connectivity index (χ1n) is 11.9. The van der Waals surface area contributed by atoms with Crippen molar-refractivity contribution in [2.24, 2.45) is 0 Å². The summed E-state index contributed by atoms with van der Waals surface area (Å²) in [7, 11) is 1.55.